The van der Waals surface area contributed by atoms with E-state index in [0.29, 0.717) is 6.04 Å². The van der Waals surface area contributed by atoms with Gasteiger partial charge in [-0.15, -0.1) is 0 Å². The molecule has 1 fully saturated rings. The summed E-state index contributed by atoms with van der Waals surface area (Å²) in [6.45, 7) is 11.0. The molecule has 1 aromatic carbocycles. The fourth-order valence-corrected chi connectivity index (χ4v) is 3.09. The molecule has 3 heteroatoms. The summed E-state index contributed by atoms with van der Waals surface area (Å²) in [5.74, 6) is 0.719. The maximum absolute atomic E-state index is 6.37. The minimum atomic E-state index is 0.621. The van der Waals surface area contributed by atoms with Gasteiger partial charge < -0.3 is 5.32 Å². The lowest BCUT2D eigenvalue weighted by Gasteiger charge is -2.39. The predicted octanol–water partition coefficient (Wildman–Crippen LogP) is 3.47. The Hall–Kier alpha value is -0.570. The normalized spacial score (nSPS) is 22.4. The van der Waals surface area contributed by atoms with Crippen LogP contribution in [-0.4, -0.2) is 30.6 Å². The molecule has 0 spiro atoms. The maximum Gasteiger partial charge on any atom is 0.0453 e. The van der Waals surface area contributed by atoms with Crippen LogP contribution in [-0.2, 0) is 6.54 Å². The number of halogens is 1. The highest BCUT2D eigenvalue weighted by Gasteiger charge is 2.26. The Kier molecular flexibility index (Phi) is 5.26. The Morgan fingerprint density at radius 3 is 2.95 bits per heavy atom. The van der Waals surface area contributed by atoms with Crippen LogP contribution in [0.4, 0.5) is 0 Å². The molecule has 0 aliphatic carbocycles. The third-order valence-corrected chi connectivity index (χ3v) is 4.63. The van der Waals surface area contributed by atoms with Gasteiger partial charge in [0.15, 0.2) is 0 Å². The second-order valence-corrected chi connectivity index (χ2v) is 6.13. The van der Waals surface area contributed by atoms with Gasteiger partial charge in [0.05, 0.1) is 0 Å². The molecule has 1 aliphatic heterocycles. The summed E-state index contributed by atoms with van der Waals surface area (Å²) < 4.78 is 0. The molecular formula is C16H25ClN2. The Morgan fingerprint density at radius 1 is 1.47 bits per heavy atom. The summed E-state index contributed by atoms with van der Waals surface area (Å²) in [6.07, 6.45) is 1.23. The summed E-state index contributed by atoms with van der Waals surface area (Å²) in [5, 5.41) is 4.42. The molecule has 2 nitrogen and oxygen atoms in total. The molecule has 1 aromatic rings. The van der Waals surface area contributed by atoms with Gasteiger partial charge in [-0.3, -0.25) is 4.90 Å². The van der Waals surface area contributed by atoms with Crippen molar-refractivity contribution in [2.45, 2.75) is 39.8 Å². The zero-order valence-corrected chi connectivity index (χ0v) is 13.0. The molecule has 1 N–H and O–H groups in total. The van der Waals surface area contributed by atoms with Crippen molar-refractivity contribution in [3.63, 3.8) is 0 Å². The van der Waals surface area contributed by atoms with Gasteiger partial charge in [-0.1, -0.05) is 44.0 Å². The lowest BCUT2D eigenvalue weighted by Crippen LogP contribution is -2.53. The van der Waals surface area contributed by atoms with E-state index in [4.69, 9.17) is 11.6 Å². The Labute approximate surface area is 122 Å². The van der Waals surface area contributed by atoms with E-state index in [9.17, 15) is 0 Å². The first-order chi connectivity index (χ1) is 9.11. The van der Waals surface area contributed by atoms with Crippen LogP contribution < -0.4 is 5.32 Å². The van der Waals surface area contributed by atoms with Gasteiger partial charge in [0.25, 0.3) is 0 Å². The standard InChI is InChI=1S/C16H25ClN2/c1-4-13(3)16-10-18-7-8-19(16)11-14-6-5-12(2)9-15(14)17/h5-6,9,13,16,18H,4,7-8,10-11H2,1-3H3. The molecule has 0 radical (unpaired) electrons. The first-order valence-corrected chi connectivity index (χ1v) is 7.69. The van der Waals surface area contributed by atoms with Crippen LogP contribution in [0.2, 0.25) is 5.02 Å². The van der Waals surface area contributed by atoms with Gasteiger partial charge in [0, 0.05) is 37.2 Å². The van der Waals surface area contributed by atoms with Gasteiger partial charge in [0.1, 0.15) is 0 Å². The minimum Gasteiger partial charge on any atom is -0.314 e. The number of hydrogen-bond acceptors (Lipinski definition) is 2. The van der Waals surface area contributed by atoms with Gasteiger partial charge >= 0.3 is 0 Å². The average molecular weight is 281 g/mol. The molecule has 1 aliphatic rings. The van der Waals surface area contributed by atoms with Crippen LogP contribution in [0, 0.1) is 12.8 Å². The molecule has 106 valence electrons. The predicted molar refractivity (Wildman–Crippen MR) is 82.7 cm³/mol. The number of benzene rings is 1. The van der Waals surface area contributed by atoms with Crippen molar-refractivity contribution in [1.29, 1.82) is 0 Å². The van der Waals surface area contributed by atoms with E-state index >= 15 is 0 Å². The number of nitrogens with one attached hydrogen (secondary N) is 1. The summed E-state index contributed by atoms with van der Waals surface area (Å²) in [6, 6.07) is 7.02. The minimum absolute atomic E-state index is 0.621. The smallest absolute Gasteiger partial charge is 0.0453 e. The average Bonchev–Trinajstić information content (AvgIpc) is 2.41. The zero-order chi connectivity index (χ0) is 13.8. The van der Waals surface area contributed by atoms with Crippen LogP contribution in [0.15, 0.2) is 18.2 Å². The van der Waals surface area contributed by atoms with Crippen molar-refractivity contribution in [2.75, 3.05) is 19.6 Å². The molecule has 19 heavy (non-hydrogen) atoms. The number of hydrogen-bond donors (Lipinski definition) is 1. The third kappa shape index (κ3) is 3.71. The molecule has 0 bridgehead atoms. The lowest BCUT2D eigenvalue weighted by molar-refractivity contribution is 0.109. The van der Waals surface area contributed by atoms with Gasteiger partial charge in [-0.25, -0.2) is 0 Å². The van der Waals surface area contributed by atoms with Crippen molar-refractivity contribution in [1.82, 2.24) is 10.2 Å². The van der Waals surface area contributed by atoms with Gasteiger partial charge in [-0.05, 0) is 30.0 Å². The van der Waals surface area contributed by atoms with Crippen molar-refractivity contribution in [2.24, 2.45) is 5.92 Å². The Bertz CT molecular complexity index is 419. The molecule has 1 heterocycles. The van der Waals surface area contributed by atoms with E-state index in [2.05, 4.69) is 49.2 Å². The maximum atomic E-state index is 6.37. The fourth-order valence-electron chi connectivity index (χ4n) is 2.80. The largest absolute Gasteiger partial charge is 0.314 e. The SMILES string of the molecule is CCC(C)C1CNCCN1Cc1ccc(C)cc1Cl. The third-order valence-electron chi connectivity index (χ3n) is 4.28. The van der Waals surface area contributed by atoms with Crippen LogP contribution in [0.25, 0.3) is 0 Å². The van der Waals surface area contributed by atoms with Gasteiger partial charge in [0.2, 0.25) is 0 Å². The lowest BCUT2D eigenvalue weighted by atomic mass is 9.95. The summed E-state index contributed by atoms with van der Waals surface area (Å²) in [4.78, 5) is 2.58. The fraction of sp³-hybridized carbons (Fsp3) is 0.625. The van der Waals surface area contributed by atoms with Crippen LogP contribution in [0.3, 0.4) is 0 Å². The van der Waals surface area contributed by atoms with Crippen LogP contribution >= 0.6 is 11.6 Å². The first-order valence-electron chi connectivity index (χ1n) is 7.31. The van der Waals surface area contributed by atoms with Crippen LogP contribution in [0.5, 0.6) is 0 Å². The summed E-state index contributed by atoms with van der Waals surface area (Å²) in [5.41, 5.74) is 2.48. The monoisotopic (exact) mass is 280 g/mol. The molecule has 0 aromatic heterocycles. The highest BCUT2D eigenvalue weighted by atomic mass is 35.5. The Morgan fingerprint density at radius 2 is 2.26 bits per heavy atom. The second-order valence-electron chi connectivity index (χ2n) is 5.72. The van der Waals surface area contributed by atoms with E-state index in [1.165, 1.54) is 17.5 Å². The van der Waals surface area contributed by atoms with E-state index in [1.54, 1.807) is 0 Å². The number of nitrogens with zero attached hydrogens (tertiary/aromatic N) is 1. The van der Waals surface area contributed by atoms with E-state index in [1.807, 2.05) is 0 Å². The number of aryl methyl sites for hydroxylation is 1. The number of rotatable bonds is 4. The van der Waals surface area contributed by atoms with E-state index in [0.717, 1.165) is 37.1 Å². The van der Waals surface area contributed by atoms with E-state index < -0.39 is 0 Å². The molecular weight excluding hydrogens is 256 g/mol. The van der Waals surface area contributed by atoms with E-state index in [-0.39, 0.29) is 0 Å². The highest BCUT2D eigenvalue weighted by molar-refractivity contribution is 6.31. The van der Waals surface area contributed by atoms with Crippen molar-refractivity contribution < 1.29 is 0 Å². The summed E-state index contributed by atoms with van der Waals surface area (Å²) >= 11 is 6.37. The summed E-state index contributed by atoms with van der Waals surface area (Å²) in [7, 11) is 0. The van der Waals surface area contributed by atoms with Gasteiger partial charge in [-0.2, -0.15) is 0 Å². The van der Waals surface area contributed by atoms with Crippen LogP contribution in [0.1, 0.15) is 31.4 Å². The molecule has 0 saturated carbocycles. The topological polar surface area (TPSA) is 15.3 Å². The van der Waals surface area contributed by atoms with Crippen molar-refractivity contribution >= 4 is 11.6 Å². The molecule has 2 atom stereocenters. The molecule has 0 amide bonds. The second kappa shape index (κ2) is 6.74. The van der Waals surface area contributed by atoms with Crippen molar-refractivity contribution in [3.8, 4) is 0 Å². The quantitative estimate of drug-likeness (QED) is 0.909. The molecule has 2 unspecified atom stereocenters. The van der Waals surface area contributed by atoms with Crippen molar-refractivity contribution in [3.05, 3.63) is 34.3 Å². The Balaban J connectivity index is 2.10. The molecule has 2 rings (SSSR count). The number of piperazine rings is 1. The highest BCUT2D eigenvalue weighted by Crippen LogP contribution is 2.23. The zero-order valence-electron chi connectivity index (χ0n) is 12.2. The first kappa shape index (κ1) is 14.8. The molecule has 1 saturated heterocycles.